The van der Waals surface area contributed by atoms with Crippen molar-refractivity contribution in [2.75, 3.05) is 0 Å². The van der Waals surface area contributed by atoms with Crippen LogP contribution in [0.1, 0.15) is 69.2 Å². The second kappa shape index (κ2) is 11.3. The molecule has 0 saturated carbocycles. The Kier molecular flexibility index (Phi) is 13.2. The van der Waals surface area contributed by atoms with E-state index < -0.39 is 0 Å². The Labute approximate surface area is 151 Å². The largest absolute Gasteiger partial charge is 2.00 e. The molecule has 7 heteroatoms. The molecule has 0 saturated heterocycles. The van der Waals surface area contributed by atoms with Crippen molar-refractivity contribution in [2.24, 2.45) is 20.5 Å². The van der Waals surface area contributed by atoms with Crippen molar-refractivity contribution in [1.82, 2.24) is 0 Å². The monoisotopic (exact) mass is 369 g/mol. The quantitative estimate of drug-likeness (QED) is 0.548. The van der Waals surface area contributed by atoms with Crippen LogP contribution in [0, 0.1) is 0 Å². The van der Waals surface area contributed by atoms with E-state index in [0.717, 1.165) is 0 Å². The minimum atomic E-state index is -0.198. The van der Waals surface area contributed by atoms with Crippen LogP contribution in [-0.2, 0) is 16.8 Å². The average Bonchev–Trinajstić information content (AvgIpc) is 2.31. The van der Waals surface area contributed by atoms with Crippen molar-refractivity contribution in [1.29, 1.82) is 0 Å². The molecule has 0 heterocycles. The zero-order valence-electron chi connectivity index (χ0n) is 15.9. The minimum Gasteiger partial charge on any atom is -0.874 e. The molecule has 0 aromatic rings. The standard InChI is InChI=1S/2C8H16N2O.Co/c2*1-6(7(2)11)9-10-8(3,4)5;/h2*11H,1-5H3;/q;;+2/p-2. The van der Waals surface area contributed by atoms with Gasteiger partial charge in [-0.25, -0.2) is 0 Å². The molecule has 0 aliphatic rings. The van der Waals surface area contributed by atoms with Gasteiger partial charge in [0, 0.05) is 11.4 Å². The molecule has 6 nitrogen and oxygen atoms in total. The first-order valence-electron chi connectivity index (χ1n) is 7.20. The summed E-state index contributed by atoms with van der Waals surface area (Å²) in [4.78, 5) is 0. The molecule has 135 valence electrons. The van der Waals surface area contributed by atoms with Crippen molar-refractivity contribution < 1.29 is 27.0 Å². The molecule has 0 atom stereocenters. The molecule has 0 spiro atoms. The van der Waals surface area contributed by atoms with Gasteiger partial charge in [0.15, 0.2) is 0 Å². The second-order valence-electron chi connectivity index (χ2n) is 7.02. The van der Waals surface area contributed by atoms with Gasteiger partial charge in [0.1, 0.15) is 0 Å². The number of allylic oxidation sites excluding steroid dienone is 4. The van der Waals surface area contributed by atoms with Crippen LogP contribution in [0.5, 0.6) is 0 Å². The van der Waals surface area contributed by atoms with Gasteiger partial charge in [-0.1, -0.05) is 13.8 Å². The first kappa shape index (κ1) is 26.7. The maximum Gasteiger partial charge on any atom is 2.00 e. The fourth-order valence-electron chi connectivity index (χ4n) is 0.591. The van der Waals surface area contributed by atoms with Crippen molar-refractivity contribution in [3.05, 3.63) is 22.9 Å². The minimum absolute atomic E-state index is 0. The summed E-state index contributed by atoms with van der Waals surface area (Å²) in [6, 6.07) is 0. The predicted molar refractivity (Wildman–Crippen MR) is 86.0 cm³/mol. The molecule has 0 aliphatic heterocycles. The van der Waals surface area contributed by atoms with E-state index in [1.165, 1.54) is 13.8 Å². The summed E-state index contributed by atoms with van der Waals surface area (Å²) in [6.07, 6.45) is 0. The van der Waals surface area contributed by atoms with Crippen molar-refractivity contribution in [2.45, 2.75) is 80.3 Å². The smallest absolute Gasteiger partial charge is 0.874 e. The van der Waals surface area contributed by atoms with Crippen molar-refractivity contribution >= 4 is 0 Å². The van der Waals surface area contributed by atoms with E-state index in [1.807, 2.05) is 41.5 Å². The number of hydrogen-bond acceptors (Lipinski definition) is 6. The summed E-state index contributed by atoms with van der Waals surface area (Å²) < 4.78 is 0. The van der Waals surface area contributed by atoms with E-state index in [9.17, 15) is 10.2 Å². The molecule has 0 aromatic heterocycles. The molecular weight excluding hydrogens is 339 g/mol. The van der Waals surface area contributed by atoms with Gasteiger partial charge in [0.05, 0.1) is 11.1 Å². The third kappa shape index (κ3) is 20.8. The molecule has 1 radical (unpaired) electrons. The number of hydrogen-bond donors (Lipinski definition) is 0. The average molecular weight is 369 g/mol. The van der Waals surface area contributed by atoms with Crippen LogP contribution in [0.2, 0.25) is 0 Å². The Morgan fingerprint density at radius 3 is 0.957 bits per heavy atom. The molecule has 0 amide bonds. The SMILES string of the molecule is CC([O-])=C(C)N=NC(C)(C)C.CC([O-])=C(C)N=NC(C)(C)C.[Co+2]. The zero-order chi connectivity index (χ0) is 18.1. The molecular formula is C16H30CoN4O2. The Bertz CT molecular complexity index is 415. The number of azo groups is 2. The summed E-state index contributed by atoms with van der Waals surface area (Å²) in [5.74, 6) is -0.0593. The third-order valence-electron chi connectivity index (χ3n) is 2.02. The van der Waals surface area contributed by atoms with Gasteiger partial charge in [0.25, 0.3) is 0 Å². The number of nitrogens with zero attached hydrogens (tertiary/aromatic N) is 4. The summed E-state index contributed by atoms with van der Waals surface area (Å²) >= 11 is 0. The molecule has 0 aromatic carbocycles. The zero-order valence-corrected chi connectivity index (χ0v) is 17.0. The molecule has 23 heavy (non-hydrogen) atoms. The Morgan fingerprint density at radius 1 is 0.609 bits per heavy atom. The molecule has 0 fully saturated rings. The fourth-order valence-corrected chi connectivity index (χ4v) is 0.591. The van der Waals surface area contributed by atoms with Gasteiger partial charge in [-0.2, -0.15) is 20.5 Å². The van der Waals surface area contributed by atoms with E-state index in [4.69, 9.17) is 0 Å². The molecule has 0 aliphatic carbocycles. The van der Waals surface area contributed by atoms with E-state index >= 15 is 0 Å². The topological polar surface area (TPSA) is 95.6 Å². The summed E-state index contributed by atoms with van der Waals surface area (Å²) in [7, 11) is 0. The summed E-state index contributed by atoms with van der Waals surface area (Å²) in [5, 5.41) is 36.8. The maximum atomic E-state index is 10.7. The summed E-state index contributed by atoms with van der Waals surface area (Å²) in [6.45, 7) is 17.9. The normalized spacial score (nSPS) is 14.7. The van der Waals surface area contributed by atoms with E-state index in [2.05, 4.69) is 20.5 Å². The van der Waals surface area contributed by atoms with Gasteiger partial charge in [-0.3, -0.25) is 0 Å². The maximum absolute atomic E-state index is 10.7. The van der Waals surface area contributed by atoms with E-state index in [-0.39, 0.29) is 39.4 Å². The second-order valence-corrected chi connectivity index (χ2v) is 7.02. The van der Waals surface area contributed by atoms with E-state index in [0.29, 0.717) is 11.4 Å². The predicted octanol–water partition coefficient (Wildman–Crippen LogP) is 3.70. The molecule has 0 N–H and O–H groups in total. The Morgan fingerprint density at radius 2 is 0.826 bits per heavy atom. The van der Waals surface area contributed by atoms with Crippen LogP contribution in [0.3, 0.4) is 0 Å². The van der Waals surface area contributed by atoms with Crippen LogP contribution >= 0.6 is 0 Å². The Hall–Kier alpha value is -1.21. The van der Waals surface area contributed by atoms with Gasteiger partial charge in [-0.05, 0) is 55.4 Å². The van der Waals surface area contributed by atoms with Gasteiger partial charge < -0.3 is 10.2 Å². The fraction of sp³-hybridized carbons (Fsp3) is 0.750. The number of rotatable bonds is 2. The Balaban J connectivity index is -0.000000333. The van der Waals surface area contributed by atoms with Crippen LogP contribution < -0.4 is 10.2 Å². The van der Waals surface area contributed by atoms with Gasteiger partial charge in [0.2, 0.25) is 0 Å². The van der Waals surface area contributed by atoms with Gasteiger partial charge in [-0.15, -0.1) is 11.5 Å². The van der Waals surface area contributed by atoms with Crippen molar-refractivity contribution in [3.8, 4) is 0 Å². The summed E-state index contributed by atoms with van der Waals surface area (Å²) in [5.41, 5.74) is 0.521. The van der Waals surface area contributed by atoms with Crippen LogP contribution in [-0.4, -0.2) is 11.1 Å². The van der Waals surface area contributed by atoms with Crippen LogP contribution in [0.4, 0.5) is 0 Å². The van der Waals surface area contributed by atoms with Gasteiger partial charge >= 0.3 is 16.8 Å². The molecule has 0 bridgehead atoms. The molecule has 0 rings (SSSR count). The van der Waals surface area contributed by atoms with Crippen molar-refractivity contribution in [3.63, 3.8) is 0 Å². The van der Waals surface area contributed by atoms with Crippen LogP contribution in [0.15, 0.2) is 43.4 Å². The van der Waals surface area contributed by atoms with E-state index in [1.54, 1.807) is 13.8 Å². The van der Waals surface area contributed by atoms with Crippen LogP contribution in [0.25, 0.3) is 0 Å². The first-order valence-corrected chi connectivity index (χ1v) is 7.20. The third-order valence-corrected chi connectivity index (χ3v) is 2.02. The molecule has 0 unspecified atom stereocenters. The first-order chi connectivity index (χ1) is 9.65.